The molecule has 0 saturated carbocycles. The molecule has 0 spiro atoms. The Morgan fingerprint density at radius 2 is 1.53 bits per heavy atom. The van der Waals surface area contributed by atoms with Gasteiger partial charge in [0.15, 0.2) is 0 Å². The van der Waals surface area contributed by atoms with E-state index in [9.17, 15) is 9.90 Å². The highest BCUT2D eigenvalue weighted by Crippen LogP contribution is 2.45. The zero-order valence-corrected chi connectivity index (χ0v) is 26.5. The number of β-amino-alcohol motifs (C(OH)–C–C–N with tert-alkyl or cyclic N) is 1. The molecular formula is C31H36Cl3N5O4. The Kier molecular flexibility index (Phi) is 11.5. The largest absolute Gasteiger partial charge is 0.493 e. The van der Waals surface area contributed by atoms with Gasteiger partial charge in [0.2, 0.25) is 5.88 Å². The average molecular weight is 649 g/mol. The summed E-state index contributed by atoms with van der Waals surface area (Å²) in [6, 6.07) is 15.8. The van der Waals surface area contributed by atoms with E-state index < -0.39 is 12.1 Å². The van der Waals surface area contributed by atoms with E-state index in [4.69, 9.17) is 37.7 Å². The predicted octanol–water partition coefficient (Wildman–Crippen LogP) is 5.88. The van der Waals surface area contributed by atoms with Crippen LogP contribution >= 0.6 is 35.6 Å². The third kappa shape index (κ3) is 7.36. The van der Waals surface area contributed by atoms with E-state index in [0.717, 1.165) is 11.1 Å². The summed E-state index contributed by atoms with van der Waals surface area (Å²) in [6.45, 7) is 7.75. The molecule has 2 aliphatic heterocycles. The molecule has 0 radical (unpaired) electrons. The molecule has 9 nitrogen and oxygen atoms in total. The number of ether oxygens (including phenoxy) is 2. The number of benzene rings is 2. The van der Waals surface area contributed by atoms with E-state index in [1.54, 1.807) is 17.2 Å². The lowest BCUT2D eigenvalue weighted by Crippen LogP contribution is -2.54. The van der Waals surface area contributed by atoms with Gasteiger partial charge in [0, 0.05) is 55.0 Å². The summed E-state index contributed by atoms with van der Waals surface area (Å²) in [7, 11) is 0. The molecule has 2 unspecified atom stereocenters. The molecular weight excluding hydrogens is 613 g/mol. The molecule has 2 amide bonds. The lowest BCUT2D eigenvalue weighted by Gasteiger charge is -2.39. The highest BCUT2D eigenvalue weighted by Gasteiger charge is 2.45. The monoisotopic (exact) mass is 647 g/mol. The van der Waals surface area contributed by atoms with Gasteiger partial charge in [-0.3, -0.25) is 14.8 Å². The van der Waals surface area contributed by atoms with Gasteiger partial charge in [-0.1, -0.05) is 47.5 Å². The van der Waals surface area contributed by atoms with Crippen molar-refractivity contribution >= 4 is 47.5 Å². The number of amidine groups is 1. The fourth-order valence-corrected chi connectivity index (χ4v) is 5.65. The van der Waals surface area contributed by atoms with Crippen molar-refractivity contribution in [2.75, 3.05) is 52.5 Å². The van der Waals surface area contributed by atoms with Crippen molar-refractivity contribution in [2.24, 2.45) is 4.99 Å². The van der Waals surface area contributed by atoms with Gasteiger partial charge < -0.3 is 19.5 Å². The number of nitrogens with zero attached hydrogens (tertiary/aromatic N) is 5. The smallest absolute Gasteiger partial charge is 0.326 e. The second-order valence-electron chi connectivity index (χ2n) is 10.0. The molecule has 1 saturated heterocycles. The van der Waals surface area contributed by atoms with Crippen molar-refractivity contribution in [3.8, 4) is 11.6 Å². The third-order valence-corrected chi connectivity index (χ3v) is 7.93. The van der Waals surface area contributed by atoms with Gasteiger partial charge in [0.05, 0.1) is 31.4 Å². The second kappa shape index (κ2) is 15.1. The number of amides is 2. The Balaban J connectivity index is 0.00000423. The molecule has 2 aliphatic rings. The van der Waals surface area contributed by atoms with E-state index in [0.29, 0.717) is 79.0 Å². The fourth-order valence-electron chi connectivity index (χ4n) is 5.40. The maximum atomic E-state index is 14.5. The van der Waals surface area contributed by atoms with E-state index in [2.05, 4.69) is 9.88 Å². The molecule has 12 heteroatoms. The molecule has 1 aromatic heterocycles. The van der Waals surface area contributed by atoms with Crippen LogP contribution < -0.4 is 9.47 Å². The number of urea groups is 1. The Morgan fingerprint density at radius 1 is 0.930 bits per heavy atom. The number of aliphatic hydroxyl groups is 1. The summed E-state index contributed by atoms with van der Waals surface area (Å²) in [5.74, 6) is 1.44. The molecule has 0 bridgehead atoms. The zero-order chi connectivity index (χ0) is 29.6. The summed E-state index contributed by atoms with van der Waals surface area (Å²) in [6.07, 6.45) is 1.66. The van der Waals surface area contributed by atoms with Crippen molar-refractivity contribution in [3.63, 3.8) is 0 Å². The summed E-state index contributed by atoms with van der Waals surface area (Å²) >= 11 is 12.5. The number of pyridine rings is 1. The molecule has 43 heavy (non-hydrogen) atoms. The number of hydrogen-bond donors (Lipinski definition) is 1. The minimum absolute atomic E-state index is 0. The van der Waals surface area contributed by atoms with Crippen LogP contribution in [0.5, 0.6) is 11.6 Å². The Bertz CT molecular complexity index is 1400. The van der Waals surface area contributed by atoms with E-state index >= 15 is 0 Å². The number of rotatable bonds is 9. The third-order valence-electron chi connectivity index (χ3n) is 7.43. The van der Waals surface area contributed by atoms with Crippen molar-refractivity contribution < 1.29 is 19.4 Å². The van der Waals surface area contributed by atoms with Crippen molar-refractivity contribution in [1.82, 2.24) is 19.7 Å². The van der Waals surface area contributed by atoms with Gasteiger partial charge in [0.25, 0.3) is 0 Å². The number of carbonyl (C=O) groups is 1. The molecule has 0 aliphatic carbocycles. The summed E-state index contributed by atoms with van der Waals surface area (Å²) in [5, 5.41) is 10.6. The average Bonchev–Trinajstić information content (AvgIpc) is 3.39. The van der Waals surface area contributed by atoms with E-state index in [1.165, 1.54) is 0 Å². The summed E-state index contributed by atoms with van der Waals surface area (Å²) in [5.41, 5.74) is 2.40. The first-order chi connectivity index (χ1) is 20.4. The lowest BCUT2D eigenvalue weighted by atomic mass is 9.93. The minimum atomic E-state index is -0.470. The maximum absolute atomic E-state index is 14.5. The van der Waals surface area contributed by atoms with Crippen LogP contribution in [0.1, 0.15) is 42.6 Å². The first kappa shape index (κ1) is 32.8. The van der Waals surface area contributed by atoms with Crippen LogP contribution in [0.25, 0.3) is 0 Å². The predicted molar refractivity (Wildman–Crippen MR) is 171 cm³/mol. The zero-order valence-electron chi connectivity index (χ0n) is 24.2. The number of piperazine rings is 1. The molecule has 230 valence electrons. The standard InChI is InChI=1S/C31H35Cl2N5O4.ClH/c1-3-41-26-19-27(42-4-2)34-20-25(26)30-35-28(21-5-9-23(32)10-6-21)29(22-7-11-24(33)12-8-22)38(30)31(40)37-15-13-36(14-16-37)17-18-39;/h5-12,19-20,28-29,39H,3-4,13-18H2,1-2H3;1H. The van der Waals surface area contributed by atoms with Crippen molar-refractivity contribution in [3.05, 3.63) is 87.5 Å². The number of aliphatic imine (C=N–C) groups is 1. The minimum Gasteiger partial charge on any atom is -0.493 e. The van der Waals surface area contributed by atoms with Crippen LogP contribution in [0.2, 0.25) is 10.0 Å². The fraction of sp³-hybridized carbons (Fsp3) is 0.387. The van der Waals surface area contributed by atoms with Crippen LogP contribution in [0, 0.1) is 0 Å². The Labute approximate surface area is 268 Å². The lowest BCUT2D eigenvalue weighted by molar-refractivity contribution is 0.108. The first-order valence-corrected chi connectivity index (χ1v) is 14.9. The van der Waals surface area contributed by atoms with Crippen LogP contribution in [-0.2, 0) is 0 Å². The van der Waals surface area contributed by atoms with E-state index in [1.807, 2.05) is 67.3 Å². The number of carbonyl (C=O) groups excluding carboxylic acids is 1. The van der Waals surface area contributed by atoms with Crippen molar-refractivity contribution in [2.45, 2.75) is 25.9 Å². The van der Waals surface area contributed by atoms with Gasteiger partial charge in [0.1, 0.15) is 17.6 Å². The molecule has 5 rings (SSSR count). The van der Waals surface area contributed by atoms with Gasteiger partial charge in [-0.05, 0) is 49.2 Å². The number of aromatic nitrogens is 1. The highest BCUT2D eigenvalue weighted by molar-refractivity contribution is 6.30. The van der Waals surface area contributed by atoms with E-state index in [-0.39, 0.29) is 25.0 Å². The Hall–Kier alpha value is -3.08. The molecule has 2 aromatic carbocycles. The second-order valence-corrected chi connectivity index (χ2v) is 10.9. The molecule has 3 aromatic rings. The first-order valence-electron chi connectivity index (χ1n) is 14.2. The van der Waals surface area contributed by atoms with Gasteiger partial charge in [-0.2, -0.15) is 0 Å². The van der Waals surface area contributed by atoms with Crippen LogP contribution in [0.15, 0.2) is 65.8 Å². The molecule has 1 fully saturated rings. The molecule has 1 N–H and O–H groups in total. The molecule has 2 atom stereocenters. The van der Waals surface area contributed by atoms with Gasteiger partial charge in [-0.15, -0.1) is 12.4 Å². The molecule has 3 heterocycles. The normalized spacial score (nSPS) is 18.7. The summed E-state index contributed by atoms with van der Waals surface area (Å²) < 4.78 is 11.7. The quantitative estimate of drug-likeness (QED) is 0.312. The Morgan fingerprint density at radius 3 is 2.12 bits per heavy atom. The topological polar surface area (TPSA) is 90.7 Å². The van der Waals surface area contributed by atoms with Crippen LogP contribution in [0.4, 0.5) is 4.79 Å². The van der Waals surface area contributed by atoms with Crippen LogP contribution in [0.3, 0.4) is 0 Å². The summed E-state index contributed by atoms with van der Waals surface area (Å²) in [4.78, 5) is 30.0. The van der Waals surface area contributed by atoms with Crippen LogP contribution in [-0.4, -0.2) is 89.2 Å². The van der Waals surface area contributed by atoms with Gasteiger partial charge >= 0.3 is 6.03 Å². The number of hydrogen-bond acceptors (Lipinski definition) is 7. The maximum Gasteiger partial charge on any atom is 0.326 e. The highest BCUT2D eigenvalue weighted by atomic mass is 35.5. The van der Waals surface area contributed by atoms with Gasteiger partial charge in [-0.25, -0.2) is 9.78 Å². The number of halogens is 3. The number of aliphatic hydroxyl groups excluding tert-OH is 1. The SMILES string of the molecule is CCOc1cc(OCC)c(C2=NC(c3ccc(Cl)cc3)C(c3ccc(Cl)cc3)N2C(=O)N2CCN(CCO)CC2)cn1.Cl. The van der Waals surface area contributed by atoms with Crippen molar-refractivity contribution in [1.29, 1.82) is 0 Å².